The lowest BCUT2D eigenvalue weighted by molar-refractivity contribution is 0.0263. The lowest BCUT2D eigenvalue weighted by Crippen LogP contribution is -2.33. The number of nitrogens with one attached hydrogen (secondary N) is 1. The molecule has 1 aliphatic heterocycles. The quantitative estimate of drug-likeness (QED) is 0.920. The van der Waals surface area contributed by atoms with Crippen LogP contribution in [0.1, 0.15) is 11.7 Å². The van der Waals surface area contributed by atoms with E-state index in [0.717, 1.165) is 35.5 Å². The zero-order valence-corrected chi connectivity index (χ0v) is 12.4. The zero-order chi connectivity index (χ0) is 13.2. The largest absolute Gasteiger partial charge is 0.496 e. The summed E-state index contributed by atoms with van der Waals surface area (Å²) in [6, 6.07) is 10.5. The maximum absolute atomic E-state index is 5.83. The third-order valence-electron chi connectivity index (χ3n) is 3.43. The van der Waals surface area contributed by atoms with Gasteiger partial charge in [-0.2, -0.15) is 0 Å². The summed E-state index contributed by atoms with van der Waals surface area (Å²) in [6.07, 6.45) is 0.0621. The van der Waals surface area contributed by atoms with Crippen LogP contribution in [0.2, 0.25) is 0 Å². The molecule has 0 aromatic heterocycles. The summed E-state index contributed by atoms with van der Waals surface area (Å²) >= 11 is 3.51. The molecular weight excluding hydrogens is 306 g/mol. The van der Waals surface area contributed by atoms with Gasteiger partial charge in [0.15, 0.2) is 0 Å². The number of hydrogen-bond donors (Lipinski definition) is 1. The minimum atomic E-state index is 0.0621. The SMILES string of the molecule is COc1cc2ccc(Br)cc2cc1C1CNCCO1. The van der Waals surface area contributed by atoms with Crippen molar-refractivity contribution >= 4 is 26.7 Å². The first-order chi connectivity index (χ1) is 9.28. The van der Waals surface area contributed by atoms with Gasteiger partial charge in [-0.15, -0.1) is 0 Å². The fourth-order valence-corrected chi connectivity index (χ4v) is 2.84. The lowest BCUT2D eigenvalue weighted by Gasteiger charge is -2.25. The highest BCUT2D eigenvalue weighted by Gasteiger charge is 2.20. The highest BCUT2D eigenvalue weighted by atomic mass is 79.9. The van der Waals surface area contributed by atoms with Crippen LogP contribution in [0, 0.1) is 0 Å². The predicted molar refractivity (Wildman–Crippen MR) is 79.8 cm³/mol. The van der Waals surface area contributed by atoms with Crippen LogP contribution in [0.4, 0.5) is 0 Å². The summed E-state index contributed by atoms with van der Waals surface area (Å²) in [6.45, 7) is 2.48. The van der Waals surface area contributed by atoms with Crippen molar-refractivity contribution in [3.05, 3.63) is 40.4 Å². The first kappa shape index (κ1) is 12.9. The minimum absolute atomic E-state index is 0.0621. The van der Waals surface area contributed by atoms with Gasteiger partial charge in [-0.3, -0.25) is 0 Å². The summed E-state index contributed by atoms with van der Waals surface area (Å²) in [4.78, 5) is 0. The van der Waals surface area contributed by atoms with Crippen LogP contribution >= 0.6 is 15.9 Å². The standard InChI is InChI=1S/C15H16BrNO2/c1-18-14-8-10-2-3-12(16)6-11(10)7-13(14)15-9-17-4-5-19-15/h2-3,6-8,15,17H,4-5,9H2,1H3. The zero-order valence-electron chi connectivity index (χ0n) is 10.8. The van der Waals surface area contributed by atoms with Crippen LogP contribution in [0.25, 0.3) is 10.8 Å². The molecule has 4 heteroatoms. The average Bonchev–Trinajstić information content (AvgIpc) is 2.46. The van der Waals surface area contributed by atoms with Gasteiger partial charge in [-0.1, -0.05) is 22.0 Å². The Kier molecular flexibility index (Phi) is 3.73. The fraction of sp³-hybridized carbons (Fsp3) is 0.333. The van der Waals surface area contributed by atoms with Crippen LogP contribution in [0.3, 0.4) is 0 Å². The Hall–Kier alpha value is -1.10. The van der Waals surface area contributed by atoms with Crippen molar-refractivity contribution in [2.45, 2.75) is 6.10 Å². The van der Waals surface area contributed by atoms with E-state index in [0.29, 0.717) is 0 Å². The molecule has 100 valence electrons. The third kappa shape index (κ3) is 2.61. The van der Waals surface area contributed by atoms with E-state index in [4.69, 9.17) is 9.47 Å². The highest BCUT2D eigenvalue weighted by Crippen LogP contribution is 2.33. The number of morpholine rings is 1. The number of hydrogen-bond acceptors (Lipinski definition) is 3. The molecule has 1 fully saturated rings. The van der Waals surface area contributed by atoms with Gasteiger partial charge in [-0.25, -0.2) is 0 Å². The van der Waals surface area contributed by atoms with Gasteiger partial charge in [0.05, 0.1) is 19.8 Å². The minimum Gasteiger partial charge on any atom is -0.496 e. The normalized spacial score (nSPS) is 19.6. The molecule has 19 heavy (non-hydrogen) atoms. The first-order valence-electron chi connectivity index (χ1n) is 6.37. The Morgan fingerprint density at radius 2 is 2.16 bits per heavy atom. The molecule has 0 radical (unpaired) electrons. The van der Waals surface area contributed by atoms with Crippen LogP contribution in [-0.4, -0.2) is 26.8 Å². The Labute approximate surface area is 121 Å². The summed E-state index contributed by atoms with van der Waals surface area (Å²) in [5, 5.41) is 5.72. The van der Waals surface area contributed by atoms with Gasteiger partial charge in [0.25, 0.3) is 0 Å². The van der Waals surface area contributed by atoms with E-state index in [1.807, 2.05) is 6.07 Å². The number of rotatable bonds is 2. The van der Waals surface area contributed by atoms with Crippen molar-refractivity contribution in [3.8, 4) is 5.75 Å². The number of halogens is 1. The molecule has 1 saturated heterocycles. The Morgan fingerprint density at radius 3 is 2.89 bits per heavy atom. The molecule has 1 aliphatic rings. The maximum atomic E-state index is 5.83. The highest BCUT2D eigenvalue weighted by molar-refractivity contribution is 9.10. The molecule has 2 aromatic carbocycles. The molecular formula is C15H16BrNO2. The van der Waals surface area contributed by atoms with Crippen LogP contribution in [-0.2, 0) is 4.74 Å². The Balaban J connectivity index is 2.10. The van der Waals surface area contributed by atoms with Gasteiger partial charge in [-0.05, 0) is 35.0 Å². The van der Waals surface area contributed by atoms with Crippen molar-refractivity contribution in [1.29, 1.82) is 0 Å². The number of fused-ring (bicyclic) bond motifs is 1. The summed E-state index contributed by atoms with van der Waals surface area (Å²) in [5.41, 5.74) is 1.11. The summed E-state index contributed by atoms with van der Waals surface area (Å²) in [5.74, 6) is 0.892. The first-order valence-corrected chi connectivity index (χ1v) is 7.17. The second-order valence-electron chi connectivity index (χ2n) is 4.65. The number of methoxy groups -OCH3 is 1. The molecule has 1 heterocycles. The van der Waals surface area contributed by atoms with E-state index < -0.39 is 0 Å². The summed E-state index contributed by atoms with van der Waals surface area (Å²) < 4.78 is 12.4. The van der Waals surface area contributed by atoms with Crippen molar-refractivity contribution in [1.82, 2.24) is 5.32 Å². The molecule has 0 aliphatic carbocycles. The van der Waals surface area contributed by atoms with Gasteiger partial charge in [0, 0.05) is 23.1 Å². The Bertz CT molecular complexity index is 594. The smallest absolute Gasteiger partial charge is 0.125 e. The summed E-state index contributed by atoms with van der Waals surface area (Å²) in [7, 11) is 1.71. The molecule has 1 unspecified atom stereocenters. The third-order valence-corrected chi connectivity index (χ3v) is 3.92. The van der Waals surface area contributed by atoms with Crippen LogP contribution < -0.4 is 10.1 Å². The molecule has 1 atom stereocenters. The topological polar surface area (TPSA) is 30.5 Å². The molecule has 2 aromatic rings. The van der Waals surface area contributed by atoms with Crippen molar-refractivity contribution in [2.75, 3.05) is 26.8 Å². The average molecular weight is 322 g/mol. The van der Waals surface area contributed by atoms with Gasteiger partial charge in [0.2, 0.25) is 0 Å². The fourth-order valence-electron chi connectivity index (χ4n) is 2.46. The molecule has 3 nitrogen and oxygen atoms in total. The second kappa shape index (κ2) is 5.49. The van der Waals surface area contributed by atoms with Gasteiger partial charge in [0.1, 0.15) is 5.75 Å². The van der Waals surface area contributed by atoms with E-state index >= 15 is 0 Å². The second-order valence-corrected chi connectivity index (χ2v) is 5.56. The molecule has 0 saturated carbocycles. The maximum Gasteiger partial charge on any atom is 0.125 e. The molecule has 3 rings (SSSR count). The van der Waals surface area contributed by atoms with Crippen LogP contribution in [0.15, 0.2) is 34.8 Å². The molecule has 0 bridgehead atoms. The molecule has 0 spiro atoms. The van der Waals surface area contributed by atoms with Crippen LogP contribution in [0.5, 0.6) is 5.75 Å². The van der Waals surface area contributed by atoms with Gasteiger partial charge >= 0.3 is 0 Å². The monoisotopic (exact) mass is 321 g/mol. The van der Waals surface area contributed by atoms with E-state index in [2.05, 4.69) is 45.5 Å². The number of ether oxygens (including phenoxy) is 2. The van der Waals surface area contributed by atoms with Gasteiger partial charge < -0.3 is 14.8 Å². The lowest BCUT2D eigenvalue weighted by atomic mass is 10.0. The molecule has 1 N–H and O–H groups in total. The predicted octanol–water partition coefficient (Wildman–Crippen LogP) is 3.27. The van der Waals surface area contributed by atoms with Crippen molar-refractivity contribution in [3.63, 3.8) is 0 Å². The molecule has 0 amide bonds. The van der Waals surface area contributed by atoms with E-state index in [9.17, 15) is 0 Å². The van der Waals surface area contributed by atoms with E-state index in [1.165, 1.54) is 10.8 Å². The van der Waals surface area contributed by atoms with Crippen molar-refractivity contribution < 1.29 is 9.47 Å². The Morgan fingerprint density at radius 1 is 1.26 bits per heavy atom. The van der Waals surface area contributed by atoms with Crippen molar-refractivity contribution in [2.24, 2.45) is 0 Å². The van der Waals surface area contributed by atoms with E-state index in [-0.39, 0.29) is 6.10 Å². The number of benzene rings is 2. The van der Waals surface area contributed by atoms with E-state index in [1.54, 1.807) is 7.11 Å².